The number of ether oxygens (including phenoxy) is 3. The molecule has 1 saturated carbocycles. The molecule has 1 aliphatic rings. The van der Waals surface area contributed by atoms with Gasteiger partial charge in [-0.05, 0) is 51.2 Å². The van der Waals surface area contributed by atoms with Crippen LogP contribution in [-0.2, 0) is 12.0 Å². The van der Waals surface area contributed by atoms with Gasteiger partial charge in [0.1, 0.15) is 6.54 Å². The van der Waals surface area contributed by atoms with Crippen LogP contribution in [0.2, 0.25) is 0 Å². The van der Waals surface area contributed by atoms with Gasteiger partial charge in [-0.25, -0.2) is 9.67 Å². The van der Waals surface area contributed by atoms with Gasteiger partial charge in [-0.3, -0.25) is 4.79 Å². The summed E-state index contributed by atoms with van der Waals surface area (Å²) in [4.78, 5) is 18.6. The lowest BCUT2D eigenvalue weighted by Crippen LogP contribution is -2.28. The van der Waals surface area contributed by atoms with E-state index < -0.39 is 0 Å². The van der Waals surface area contributed by atoms with Crippen molar-refractivity contribution < 1.29 is 24.1 Å². The van der Waals surface area contributed by atoms with Crippen LogP contribution in [0, 0.1) is 13.8 Å². The van der Waals surface area contributed by atoms with Crippen molar-refractivity contribution in [3.8, 4) is 17.4 Å². The third kappa shape index (κ3) is 5.70. The summed E-state index contributed by atoms with van der Waals surface area (Å²) < 4.78 is 20.7. The molecule has 0 radical (unpaired) electrons. The molecule has 206 valence electrons. The van der Waals surface area contributed by atoms with Crippen LogP contribution in [-0.4, -0.2) is 63.3 Å². The lowest BCUT2D eigenvalue weighted by molar-refractivity contribution is 0.0965. The van der Waals surface area contributed by atoms with Gasteiger partial charge in [0.2, 0.25) is 11.5 Å². The average Bonchev–Trinajstić information content (AvgIpc) is 3.63. The minimum atomic E-state index is -0.298. The summed E-state index contributed by atoms with van der Waals surface area (Å²) in [5.74, 6) is 1.48. The predicted molar refractivity (Wildman–Crippen MR) is 143 cm³/mol. The first-order chi connectivity index (χ1) is 18.1. The van der Waals surface area contributed by atoms with Crippen LogP contribution in [0.1, 0.15) is 74.0 Å². The summed E-state index contributed by atoms with van der Waals surface area (Å²) in [6.07, 6.45) is 2.49. The van der Waals surface area contributed by atoms with Gasteiger partial charge in [0.15, 0.2) is 22.9 Å². The van der Waals surface area contributed by atoms with Crippen molar-refractivity contribution in [3.05, 3.63) is 40.0 Å². The fourth-order valence-electron chi connectivity index (χ4n) is 4.21. The number of aliphatic hydroxyl groups excluding tert-OH is 1. The molecular weight excluding hydrogens is 486 g/mol. The monoisotopic (exact) mass is 525 g/mol. The molecule has 10 nitrogen and oxygen atoms in total. The molecule has 1 aromatic carbocycles. The number of carbonyl (C=O) groups excluding carboxylic acids is 1. The molecule has 38 heavy (non-hydrogen) atoms. The summed E-state index contributed by atoms with van der Waals surface area (Å²) >= 11 is 0. The first-order valence-electron chi connectivity index (χ1n) is 13.2. The zero-order chi connectivity index (χ0) is 27.6. The molecule has 0 bridgehead atoms. The predicted octanol–water partition coefficient (Wildman–Crippen LogP) is 3.56. The average molecular weight is 526 g/mol. The van der Waals surface area contributed by atoms with Gasteiger partial charge in [0.05, 0.1) is 26.4 Å². The Bertz CT molecular complexity index is 1400. The molecule has 0 aliphatic heterocycles. The Morgan fingerprint density at radius 2 is 1.89 bits per heavy atom. The van der Waals surface area contributed by atoms with E-state index in [0.29, 0.717) is 53.8 Å². The number of carbonyl (C=O) groups is 1. The first kappa shape index (κ1) is 27.6. The van der Waals surface area contributed by atoms with Crippen molar-refractivity contribution >= 4 is 11.4 Å². The first-order valence-corrected chi connectivity index (χ1v) is 13.2. The molecule has 0 atom stereocenters. The van der Waals surface area contributed by atoms with Crippen LogP contribution in [0.15, 0.2) is 17.1 Å². The molecule has 0 spiro atoms. The van der Waals surface area contributed by atoms with Gasteiger partial charge in [-0.15, -0.1) is 10.2 Å². The van der Waals surface area contributed by atoms with Gasteiger partial charge in [0, 0.05) is 35.3 Å². The molecule has 0 amide bonds. The van der Waals surface area contributed by atoms with Crippen LogP contribution in [0.4, 0.5) is 0 Å². The SMILES string of the molecule is CCOc1nn2c(=NC3CC3)n(CC(=O)c3cc(OCCCO)c(OC)c(C(C)(C)C)c3)nc2c(C)c1C. The van der Waals surface area contributed by atoms with E-state index in [4.69, 9.17) is 24.3 Å². The highest BCUT2D eigenvalue weighted by Crippen LogP contribution is 2.40. The van der Waals surface area contributed by atoms with E-state index in [1.165, 1.54) is 0 Å². The smallest absolute Gasteiger partial charge is 0.245 e. The van der Waals surface area contributed by atoms with Crippen LogP contribution in [0.25, 0.3) is 5.65 Å². The van der Waals surface area contributed by atoms with E-state index in [0.717, 1.165) is 29.5 Å². The summed E-state index contributed by atoms with van der Waals surface area (Å²) in [6.45, 7) is 12.9. The number of aromatic nitrogens is 4. The van der Waals surface area contributed by atoms with Crippen LogP contribution >= 0.6 is 0 Å². The molecule has 3 aromatic rings. The van der Waals surface area contributed by atoms with E-state index in [1.807, 2.05) is 26.8 Å². The molecule has 1 fully saturated rings. The molecule has 0 unspecified atom stereocenters. The van der Waals surface area contributed by atoms with E-state index in [1.54, 1.807) is 22.4 Å². The van der Waals surface area contributed by atoms with Crippen molar-refractivity contribution in [1.29, 1.82) is 0 Å². The Morgan fingerprint density at radius 1 is 1.16 bits per heavy atom. The van der Waals surface area contributed by atoms with Gasteiger partial charge in [-0.2, -0.15) is 4.52 Å². The van der Waals surface area contributed by atoms with Crippen LogP contribution in [0.3, 0.4) is 0 Å². The zero-order valence-electron chi connectivity index (χ0n) is 23.5. The number of rotatable bonds is 11. The van der Waals surface area contributed by atoms with Crippen molar-refractivity contribution in [1.82, 2.24) is 19.4 Å². The van der Waals surface area contributed by atoms with E-state index in [-0.39, 0.29) is 30.4 Å². The number of hydrogen-bond donors (Lipinski definition) is 1. The molecule has 4 rings (SSSR count). The molecule has 10 heteroatoms. The Hall–Kier alpha value is -3.40. The molecule has 2 heterocycles. The van der Waals surface area contributed by atoms with Gasteiger partial charge in [0.25, 0.3) is 0 Å². The number of methoxy groups -OCH3 is 1. The highest BCUT2D eigenvalue weighted by molar-refractivity contribution is 5.97. The number of hydrogen-bond acceptors (Lipinski definition) is 8. The fourth-order valence-corrected chi connectivity index (χ4v) is 4.21. The van der Waals surface area contributed by atoms with Gasteiger partial charge in [-0.1, -0.05) is 20.8 Å². The second-order valence-corrected chi connectivity index (χ2v) is 10.7. The van der Waals surface area contributed by atoms with Crippen LogP contribution < -0.4 is 19.8 Å². The third-order valence-corrected chi connectivity index (χ3v) is 6.61. The highest BCUT2D eigenvalue weighted by Gasteiger charge is 2.27. The zero-order valence-corrected chi connectivity index (χ0v) is 23.5. The lowest BCUT2D eigenvalue weighted by atomic mass is 9.84. The summed E-state index contributed by atoms with van der Waals surface area (Å²) in [5.41, 5.74) is 4.08. The molecule has 2 aromatic heterocycles. The van der Waals surface area contributed by atoms with Gasteiger partial charge >= 0.3 is 0 Å². The Balaban J connectivity index is 1.80. The number of nitrogens with zero attached hydrogens (tertiary/aromatic N) is 5. The van der Waals surface area contributed by atoms with Gasteiger partial charge < -0.3 is 19.3 Å². The standard InChI is InChI=1S/C28H39N5O5/c1-8-37-26-18(3)17(2)25-30-32(27(33(25)31-26)29-20-10-11-20)16-22(35)19-14-21(28(4,5)6)24(36-7)23(15-19)38-13-9-12-34/h14-15,20,34H,8-13,16H2,1-7H3. The maximum absolute atomic E-state index is 13.7. The molecule has 1 N–H and O–H groups in total. The number of fused-ring (bicyclic) bond motifs is 1. The topological polar surface area (TPSA) is 112 Å². The Morgan fingerprint density at radius 3 is 2.50 bits per heavy atom. The quantitative estimate of drug-likeness (QED) is 0.301. The number of aliphatic hydroxyl groups is 1. The number of ketones is 1. The maximum Gasteiger partial charge on any atom is 0.245 e. The number of benzene rings is 1. The van der Waals surface area contributed by atoms with E-state index >= 15 is 0 Å². The second kappa shape index (κ2) is 11.1. The molecule has 0 saturated heterocycles. The lowest BCUT2D eigenvalue weighted by Gasteiger charge is -2.25. The van der Waals surface area contributed by atoms with E-state index in [9.17, 15) is 9.90 Å². The van der Waals surface area contributed by atoms with Crippen molar-refractivity contribution in [2.24, 2.45) is 4.99 Å². The van der Waals surface area contributed by atoms with Crippen molar-refractivity contribution in [3.63, 3.8) is 0 Å². The van der Waals surface area contributed by atoms with E-state index in [2.05, 4.69) is 25.9 Å². The summed E-state index contributed by atoms with van der Waals surface area (Å²) in [5, 5.41) is 18.7. The number of aryl methyl sites for hydroxylation is 1. The maximum atomic E-state index is 13.7. The normalized spacial score (nSPS) is 14.3. The van der Waals surface area contributed by atoms with Crippen molar-refractivity contribution in [2.45, 2.75) is 78.8 Å². The Kier molecular flexibility index (Phi) is 8.10. The summed E-state index contributed by atoms with van der Waals surface area (Å²) in [6, 6.07) is 3.78. The fraction of sp³-hybridized carbons (Fsp3) is 0.571. The number of Topliss-reactive ketones (excluding diaryl/α,β-unsaturated/α-hetero) is 1. The molecular formula is C28H39N5O5. The van der Waals surface area contributed by atoms with Crippen molar-refractivity contribution in [2.75, 3.05) is 26.9 Å². The van der Waals surface area contributed by atoms with Crippen LogP contribution in [0.5, 0.6) is 17.4 Å². The second-order valence-electron chi connectivity index (χ2n) is 10.7. The minimum absolute atomic E-state index is 0.0106. The Labute approximate surface area is 223 Å². The highest BCUT2D eigenvalue weighted by atomic mass is 16.5. The largest absolute Gasteiger partial charge is 0.493 e. The molecule has 1 aliphatic carbocycles. The third-order valence-electron chi connectivity index (χ3n) is 6.61. The minimum Gasteiger partial charge on any atom is -0.493 e. The summed E-state index contributed by atoms with van der Waals surface area (Å²) in [7, 11) is 1.59.